The summed E-state index contributed by atoms with van der Waals surface area (Å²) in [6, 6.07) is 12.2. The zero-order valence-corrected chi connectivity index (χ0v) is 64.0. The number of nitrogens with zero attached hydrogens (tertiary/aromatic N) is 3. The molecule has 0 aromatic heterocycles. The average Bonchev–Trinajstić information content (AvgIpc) is 1.80. The zero-order valence-electron chi connectivity index (χ0n) is 64.0. The molecule has 1 saturated heterocycles. The number of carbonyl (C=O) groups excluding carboxylic acids is 9. The van der Waals surface area contributed by atoms with Crippen LogP contribution in [0.4, 0.5) is 15.3 Å². The van der Waals surface area contributed by atoms with E-state index in [0.717, 1.165) is 5.56 Å². The fraction of sp³-hybridized carbons (Fsp3) is 0.724. The number of aliphatic hydroxyl groups is 1. The number of Topliss-reactive ketones (excluding diaryl/α,β-unsaturated/α-hetero) is 3. The van der Waals surface area contributed by atoms with E-state index in [1.54, 1.807) is 62.1 Å². The molecule has 0 aliphatic carbocycles. The van der Waals surface area contributed by atoms with Crippen LogP contribution in [0.15, 0.2) is 54.6 Å². The Hall–Kier alpha value is -6.53. The number of likely N-dealkylation sites (tertiary alicyclic amines) is 1. The molecule has 584 valence electrons. The second-order valence-electron chi connectivity index (χ2n) is 28.0. The molecule has 27 heteroatoms. The first kappa shape index (κ1) is 90.7. The highest BCUT2D eigenvalue weighted by atomic mass is 16.6. The van der Waals surface area contributed by atoms with Crippen molar-refractivity contribution in [3.8, 4) is 0 Å². The Morgan fingerprint density at radius 2 is 1.22 bits per heavy atom. The Morgan fingerprint density at radius 1 is 0.650 bits per heavy atom. The normalized spacial score (nSPS) is 16.4. The fourth-order valence-corrected chi connectivity index (χ4v) is 13.0. The molecule has 1 heterocycles. The van der Waals surface area contributed by atoms with Gasteiger partial charge in [0.15, 0.2) is 11.6 Å². The van der Waals surface area contributed by atoms with Gasteiger partial charge in [-0.05, 0) is 78.5 Å². The first-order valence-corrected chi connectivity index (χ1v) is 36.8. The van der Waals surface area contributed by atoms with E-state index in [0.29, 0.717) is 109 Å². The second-order valence-corrected chi connectivity index (χ2v) is 28.0. The largest absolute Gasteiger partial charge is 0.445 e. The Balaban J connectivity index is 1.58. The molecule has 8 N–H and O–H groups in total. The second kappa shape index (κ2) is 50.1. The van der Waals surface area contributed by atoms with Crippen molar-refractivity contribution in [2.75, 3.05) is 133 Å². The van der Waals surface area contributed by atoms with E-state index >= 15 is 0 Å². The standard InChI is InChI=1S/C76H126N8O19/c1-15-53(8)70(65(95-13)48-67(89)84-32-20-24-61(84)72(96-14)55(10)62(85)45-54(9)71(90)57-21-17-16-18-22-57)82(11)74(92)60(50(2)3)47-64(87)69(52(6)7)83(12)76(94)103-49-56-25-27-59(28-26-56)80-73(91)58(23-19-31-79-75(78)93)46-63(86)68(51(4)5)81-66(88)29-33-97-35-37-99-39-41-101-43-44-102-42-40-100-38-36-98-34-30-77/h16-18,21-22,25-28,50-55,58,60-61,65,68-72,90H,15,19-20,23-24,29-49,77H2,1-14H3,(H,80,91)(H,81,88)(H3,78,79,93)/t53-,54-,55-,58+,60-,61-,65+,68-,69-,70-,71+,72+/m0/s1. The molecule has 1 fully saturated rings. The monoisotopic (exact) mass is 1450 g/mol. The van der Waals surface area contributed by atoms with E-state index in [9.17, 15) is 48.3 Å². The molecule has 103 heavy (non-hydrogen) atoms. The molecule has 3 rings (SSSR count). The third-order valence-electron chi connectivity index (χ3n) is 19.1. The summed E-state index contributed by atoms with van der Waals surface area (Å²) in [5, 5.41) is 19.2. The van der Waals surface area contributed by atoms with E-state index < -0.39 is 78.1 Å². The van der Waals surface area contributed by atoms with Crippen LogP contribution in [0.1, 0.15) is 151 Å². The summed E-state index contributed by atoms with van der Waals surface area (Å²) in [5.41, 5.74) is 12.3. The smallest absolute Gasteiger partial charge is 0.410 e. The minimum atomic E-state index is -0.966. The molecule has 1 aliphatic heterocycles. The number of nitrogens with two attached hydrogens (primary N) is 2. The Morgan fingerprint density at radius 3 is 1.74 bits per heavy atom. The maximum atomic E-state index is 14.9. The van der Waals surface area contributed by atoms with Gasteiger partial charge in [0.2, 0.25) is 23.6 Å². The van der Waals surface area contributed by atoms with Crippen LogP contribution in [0, 0.1) is 47.3 Å². The summed E-state index contributed by atoms with van der Waals surface area (Å²) >= 11 is 0. The first-order chi connectivity index (χ1) is 49.1. The topological polar surface area (TPSA) is 355 Å². The van der Waals surface area contributed by atoms with Crippen LogP contribution >= 0.6 is 0 Å². The summed E-state index contributed by atoms with van der Waals surface area (Å²) in [6.07, 6.45) is -0.745. The van der Waals surface area contributed by atoms with E-state index in [1.165, 1.54) is 19.1 Å². The van der Waals surface area contributed by atoms with E-state index in [1.807, 2.05) is 85.7 Å². The average molecular weight is 1460 g/mol. The Bertz CT molecular complexity index is 2820. The number of hydrogen-bond donors (Lipinski definition) is 6. The number of carbonyl (C=O) groups is 9. The number of rotatable bonds is 55. The number of hydrogen-bond acceptors (Lipinski definition) is 20. The lowest BCUT2D eigenvalue weighted by Gasteiger charge is -2.41. The van der Waals surface area contributed by atoms with Crippen molar-refractivity contribution in [3.63, 3.8) is 0 Å². The number of ketones is 3. The molecule has 0 unspecified atom stereocenters. The van der Waals surface area contributed by atoms with Gasteiger partial charge >= 0.3 is 12.1 Å². The van der Waals surface area contributed by atoms with Gasteiger partial charge in [-0.25, -0.2) is 9.59 Å². The van der Waals surface area contributed by atoms with Gasteiger partial charge in [0.1, 0.15) is 12.4 Å². The fourth-order valence-electron chi connectivity index (χ4n) is 13.0. The van der Waals surface area contributed by atoms with Gasteiger partial charge in [-0.3, -0.25) is 33.6 Å². The van der Waals surface area contributed by atoms with E-state index in [2.05, 4.69) is 16.0 Å². The number of nitrogens with one attached hydrogen (secondary N) is 3. The quantitative estimate of drug-likeness (QED) is 0.0353. The Labute approximate surface area is 612 Å². The lowest BCUT2D eigenvalue weighted by atomic mass is 9.83. The van der Waals surface area contributed by atoms with Gasteiger partial charge in [0.25, 0.3) is 0 Å². The van der Waals surface area contributed by atoms with Crippen molar-refractivity contribution < 1.29 is 90.9 Å². The third-order valence-corrected chi connectivity index (χ3v) is 19.1. The molecule has 0 radical (unpaired) electrons. The maximum Gasteiger partial charge on any atom is 0.410 e. The van der Waals surface area contributed by atoms with Crippen LogP contribution in [-0.2, 0) is 82.8 Å². The first-order valence-electron chi connectivity index (χ1n) is 36.8. The van der Waals surface area contributed by atoms with Crippen molar-refractivity contribution in [2.24, 2.45) is 58.8 Å². The molecule has 1 aliphatic rings. The lowest BCUT2D eigenvalue weighted by Crippen LogP contribution is -2.54. The number of methoxy groups -OCH3 is 2. The van der Waals surface area contributed by atoms with Gasteiger partial charge in [0, 0.05) is 97.1 Å². The van der Waals surface area contributed by atoms with Gasteiger partial charge in [-0.1, -0.05) is 118 Å². The number of primary amides is 1. The molecule has 7 amide bonds. The zero-order chi connectivity index (χ0) is 76.6. The van der Waals surface area contributed by atoms with Crippen LogP contribution in [0.25, 0.3) is 0 Å². The SMILES string of the molecule is CC[C@H](C)[C@@H]([C@@H](CC(=O)N1CCC[C@H]1[C@H](OC)[C@@H](C)C(=O)C[C@H](C)[C@@H](O)c1ccccc1)OC)N(C)C(=O)[C@@H](CC(=O)[C@H](C(C)C)N(C)C(=O)OCc1ccc(NC(=O)[C@H](CCCNC(N)=O)CC(=O)[C@@H](NC(=O)CCOCCOCCOCCOCCOCCOCCN)C(C)C)cc1)C(C)C. The molecular weight excluding hydrogens is 1330 g/mol. The number of ether oxygens (including phenoxy) is 9. The number of amides is 7. The minimum absolute atomic E-state index is 0.0118. The van der Waals surface area contributed by atoms with Crippen molar-refractivity contribution >= 4 is 58.8 Å². The number of likely N-dealkylation sites (N-methyl/N-ethyl adjacent to an activating group) is 2. The lowest BCUT2D eigenvalue weighted by molar-refractivity contribution is -0.149. The molecule has 27 nitrogen and oxygen atoms in total. The molecule has 2 aromatic rings. The summed E-state index contributed by atoms with van der Waals surface area (Å²) in [7, 11) is 6.25. The third kappa shape index (κ3) is 32.4. The van der Waals surface area contributed by atoms with Crippen molar-refractivity contribution in [1.82, 2.24) is 25.3 Å². The predicted molar refractivity (Wildman–Crippen MR) is 391 cm³/mol. The highest BCUT2D eigenvalue weighted by Gasteiger charge is 2.44. The van der Waals surface area contributed by atoms with Crippen molar-refractivity contribution in [2.45, 2.75) is 183 Å². The van der Waals surface area contributed by atoms with Gasteiger partial charge in [-0.2, -0.15) is 0 Å². The predicted octanol–water partition coefficient (Wildman–Crippen LogP) is 7.31. The molecule has 0 saturated carbocycles. The number of benzene rings is 2. The number of urea groups is 1. The van der Waals surface area contributed by atoms with Crippen LogP contribution in [0.2, 0.25) is 0 Å². The van der Waals surface area contributed by atoms with Gasteiger partial charge < -0.3 is 89.9 Å². The van der Waals surface area contributed by atoms with Crippen LogP contribution < -0.4 is 27.4 Å². The molecule has 12 atom stereocenters. The molecular formula is C76H126N8O19. The van der Waals surface area contributed by atoms with Crippen molar-refractivity contribution in [3.05, 3.63) is 65.7 Å². The summed E-state index contributed by atoms with van der Waals surface area (Å²) < 4.78 is 50.7. The summed E-state index contributed by atoms with van der Waals surface area (Å²) in [4.78, 5) is 129. The number of aliphatic hydroxyl groups excluding tert-OH is 1. The van der Waals surface area contributed by atoms with Crippen LogP contribution in [0.3, 0.4) is 0 Å². The van der Waals surface area contributed by atoms with Crippen molar-refractivity contribution in [1.29, 1.82) is 0 Å². The molecule has 2 aromatic carbocycles. The minimum Gasteiger partial charge on any atom is -0.445 e. The molecule has 0 spiro atoms. The summed E-state index contributed by atoms with van der Waals surface area (Å²) in [6.45, 7) is 24.1. The highest BCUT2D eigenvalue weighted by molar-refractivity contribution is 5.97. The highest BCUT2D eigenvalue weighted by Crippen LogP contribution is 2.34. The number of anilines is 1. The molecule has 0 bridgehead atoms. The van der Waals surface area contributed by atoms with Crippen LogP contribution in [0.5, 0.6) is 0 Å². The summed E-state index contributed by atoms with van der Waals surface area (Å²) in [5.74, 6) is -5.82. The van der Waals surface area contributed by atoms with Gasteiger partial charge in [-0.15, -0.1) is 0 Å². The van der Waals surface area contributed by atoms with E-state index in [4.69, 9.17) is 54.1 Å². The maximum absolute atomic E-state index is 14.9. The van der Waals surface area contributed by atoms with E-state index in [-0.39, 0.29) is 136 Å². The Kier molecular flexibility index (Phi) is 44.1. The van der Waals surface area contributed by atoms with Crippen LogP contribution in [-0.4, -0.2) is 237 Å². The van der Waals surface area contributed by atoms with Gasteiger partial charge in [0.05, 0.1) is 128 Å².